The Balaban J connectivity index is 1.34. The van der Waals surface area contributed by atoms with E-state index in [1.165, 1.54) is 4.90 Å². The molecule has 2 aromatic carbocycles. The minimum atomic E-state index is -4.64. The Morgan fingerprint density at radius 2 is 1.90 bits per heavy atom. The van der Waals surface area contributed by atoms with Crippen LogP contribution in [0.5, 0.6) is 0 Å². The molecule has 1 aliphatic heterocycles. The predicted octanol–water partition coefficient (Wildman–Crippen LogP) is 5.91. The van der Waals surface area contributed by atoms with Crippen LogP contribution < -0.4 is 10.6 Å². The van der Waals surface area contributed by atoms with Crippen LogP contribution in [-0.2, 0) is 36.3 Å². The van der Waals surface area contributed by atoms with E-state index in [-0.39, 0.29) is 35.4 Å². The zero-order valence-corrected chi connectivity index (χ0v) is 24.1. The lowest BCUT2D eigenvalue weighted by Gasteiger charge is -2.53. The molecule has 2 unspecified atom stereocenters. The SMILES string of the molecule is Cn1cnnc1C1(c2cccc(N3Cc4c(cc(CC5CCC5(C)OC(N)=O)cc4C(F)(F)F)C3=O)c2)CC(C)(C)C1. The zero-order valence-electron chi connectivity index (χ0n) is 24.1. The van der Waals surface area contributed by atoms with Crippen molar-refractivity contribution in [3.05, 3.63) is 76.4 Å². The number of carbonyl (C=O) groups excluding carboxylic acids is 2. The molecule has 0 saturated heterocycles. The maximum atomic E-state index is 14.3. The molecule has 0 spiro atoms. The Bertz CT molecular complexity index is 1590. The van der Waals surface area contributed by atoms with Crippen molar-refractivity contribution in [2.75, 3.05) is 4.90 Å². The second-order valence-electron chi connectivity index (χ2n) is 13.1. The molecular formula is C31H34F3N5O3. The molecule has 8 nitrogen and oxygen atoms in total. The van der Waals surface area contributed by atoms with E-state index in [0.717, 1.165) is 30.3 Å². The number of amides is 2. The number of hydrogen-bond donors (Lipinski definition) is 1. The molecule has 2 amide bonds. The summed E-state index contributed by atoms with van der Waals surface area (Å²) in [5, 5.41) is 8.50. The molecule has 1 aromatic heterocycles. The normalized spacial score (nSPS) is 24.1. The number of fused-ring (bicyclic) bond motifs is 1. The molecule has 3 aliphatic rings. The monoisotopic (exact) mass is 581 g/mol. The second-order valence-corrected chi connectivity index (χ2v) is 13.1. The van der Waals surface area contributed by atoms with E-state index in [0.29, 0.717) is 24.1 Å². The van der Waals surface area contributed by atoms with Crippen molar-refractivity contribution in [2.24, 2.45) is 24.1 Å². The molecule has 2 N–H and O–H groups in total. The van der Waals surface area contributed by atoms with Crippen LogP contribution >= 0.6 is 0 Å². The number of nitrogens with zero attached hydrogens (tertiary/aromatic N) is 4. The van der Waals surface area contributed by atoms with E-state index in [4.69, 9.17) is 10.5 Å². The van der Waals surface area contributed by atoms with Crippen molar-refractivity contribution < 1.29 is 27.5 Å². The molecule has 42 heavy (non-hydrogen) atoms. The number of ether oxygens (including phenoxy) is 1. The number of anilines is 1. The number of hydrogen-bond acceptors (Lipinski definition) is 5. The third-order valence-electron chi connectivity index (χ3n) is 9.49. The van der Waals surface area contributed by atoms with Gasteiger partial charge in [-0.2, -0.15) is 13.2 Å². The lowest BCUT2D eigenvalue weighted by molar-refractivity contribution is -0.138. The molecule has 0 radical (unpaired) electrons. The van der Waals surface area contributed by atoms with E-state index < -0.39 is 34.8 Å². The number of nitrogens with two attached hydrogens (primary N) is 1. The van der Waals surface area contributed by atoms with Crippen molar-refractivity contribution >= 4 is 17.7 Å². The van der Waals surface area contributed by atoms with Crippen LogP contribution in [0.4, 0.5) is 23.7 Å². The molecule has 11 heteroatoms. The van der Waals surface area contributed by atoms with Crippen LogP contribution in [0.2, 0.25) is 0 Å². The fourth-order valence-electron chi connectivity index (χ4n) is 7.53. The van der Waals surface area contributed by atoms with Crippen molar-refractivity contribution in [1.29, 1.82) is 0 Å². The van der Waals surface area contributed by atoms with Gasteiger partial charge in [-0.3, -0.25) is 4.79 Å². The van der Waals surface area contributed by atoms with E-state index in [2.05, 4.69) is 24.0 Å². The van der Waals surface area contributed by atoms with Gasteiger partial charge >= 0.3 is 12.3 Å². The van der Waals surface area contributed by atoms with Gasteiger partial charge in [-0.15, -0.1) is 10.2 Å². The quantitative estimate of drug-likeness (QED) is 0.390. The summed E-state index contributed by atoms with van der Waals surface area (Å²) in [5.74, 6) is 0.153. The first-order valence-electron chi connectivity index (χ1n) is 14.1. The van der Waals surface area contributed by atoms with Crippen LogP contribution in [0.15, 0.2) is 42.7 Å². The minimum absolute atomic E-state index is 0.0285. The third kappa shape index (κ3) is 4.53. The number of aromatic nitrogens is 3. The summed E-state index contributed by atoms with van der Waals surface area (Å²) in [5.41, 5.74) is 5.14. The molecular weight excluding hydrogens is 547 g/mol. The predicted molar refractivity (Wildman–Crippen MR) is 149 cm³/mol. The highest BCUT2D eigenvalue weighted by atomic mass is 19.4. The molecule has 222 valence electrons. The van der Waals surface area contributed by atoms with E-state index >= 15 is 0 Å². The van der Waals surface area contributed by atoms with Crippen LogP contribution in [0.25, 0.3) is 0 Å². The lowest BCUT2D eigenvalue weighted by atomic mass is 9.51. The van der Waals surface area contributed by atoms with E-state index in [1.807, 2.05) is 29.8 Å². The highest BCUT2D eigenvalue weighted by Gasteiger charge is 2.54. The summed E-state index contributed by atoms with van der Waals surface area (Å²) in [7, 11) is 1.90. The summed E-state index contributed by atoms with van der Waals surface area (Å²) in [6.45, 7) is 5.94. The summed E-state index contributed by atoms with van der Waals surface area (Å²) in [6.07, 6.45) is -0.748. The van der Waals surface area contributed by atoms with E-state index in [1.54, 1.807) is 25.4 Å². The first-order chi connectivity index (χ1) is 19.6. The molecule has 2 atom stereocenters. The maximum Gasteiger partial charge on any atom is 0.416 e. The lowest BCUT2D eigenvalue weighted by Crippen LogP contribution is -2.50. The highest BCUT2D eigenvalue weighted by Crippen LogP contribution is 2.58. The van der Waals surface area contributed by atoms with Gasteiger partial charge in [0.2, 0.25) is 0 Å². The number of halogens is 3. The Kier molecular flexibility index (Phi) is 6.26. The fraction of sp³-hybridized carbons (Fsp3) is 0.484. The fourth-order valence-corrected chi connectivity index (χ4v) is 7.53. The van der Waals surface area contributed by atoms with E-state index in [9.17, 15) is 22.8 Å². The number of benzene rings is 2. The molecule has 2 aliphatic carbocycles. The van der Waals surface area contributed by atoms with Gasteiger partial charge in [-0.25, -0.2) is 4.79 Å². The largest absolute Gasteiger partial charge is 0.443 e. The van der Waals surface area contributed by atoms with Crippen LogP contribution in [-0.4, -0.2) is 32.4 Å². The Morgan fingerprint density at radius 3 is 2.48 bits per heavy atom. The van der Waals surface area contributed by atoms with Crippen LogP contribution in [0.1, 0.15) is 84.9 Å². The molecule has 3 aromatic rings. The minimum Gasteiger partial charge on any atom is -0.443 e. The van der Waals surface area contributed by atoms with Gasteiger partial charge in [0.25, 0.3) is 5.91 Å². The summed E-state index contributed by atoms with van der Waals surface area (Å²) >= 11 is 0. The zero-order chi connectivity index (χ0) is 30.2. The smallest absolute Gasteiger partial charge is 0.416 e. The van der Waals surface area contributed by atoms with Crippen molar-refractivity contribution in [2.45, 2.75) is 76.6 Å². The van der Waals surface area contributed by atoms with Crippen molar-refractivity contribution in [3.63, 3.8) is 0 Å². The number of alkyl halides is 3. The molecule has 6 rings (SSSR count). The van der Waals surface area contributed by atoms with Crippen molar-refractivity contribution in [3.8, 4) is 0 Å². The summed E-state index contributed by atoms with van der Waals surface area (Å²) in [6, 6.07) is 10.2. The van der Waals surface area contributed by atoms with Gasteiger partial charge < -0.3 is 19.9 Å². The summed E-state index contributed by atoms with van der Waals surface area (Å²) < 4.78 is 50.2. The first-order valence-corrected chi connectivity index (χ1v) is 14.1. The first kappa shape index (κ1) is 28.2. The van der Waals surface area contributed by atoms with Gasteiger partial charge in [-0.05, 0) is 85.4 Å². The average Bonchev–Trinajstić information content (AvgIpc) is 3.46. The average molecular weight is 582 g/mol. The third-order valence-corrected chi connectivity index (χ3v) is 9.49. The molecule has 2 saturated carbocycles. The van der Waals surface area contributed by atoms with Gasteiger partial charge in [0.1, 0.15) is 17.8 Å². The Labute approximate surface area is 242 Å². The molecule has 2 fully saturated rings. The van der Waals surface area contributed by atoms with Gasteiger partial charge in [0, 0.05) is 24.2 Å². The standard InChI is InChI=1S/C31H34F3N5O3/c1-28(2)15-30(16-28,26-37-36-17-38(26)4)20-6-5-7-21(13-20)39-14-23-22(25(39)40)11-18(12-24(23)31(32,33)34)10-19-8-9-29(19,3)42-27(35)41/h5-7,11-13,17,19H,8-10,14-16H2,1-4H3,(H2,35,41). The Hall–Kier alpha value is -3.89. The second kappa shape index (κ2) is 9.31. The molecule has 2 heterocycles. The number of primary amides is 1. The van der Waals surface area contributed by atoms with Gasteiger partial charge in [-0.1, -0.05) is 26.0 Å². The molecule has 0 bridgehead atoms. The number of carbonyl (C=O) groups is 2. The number of rotatable bonds is 6. The van der Waals surface area contributed by atoms with Gasteiger partial charge in [0.05, 0.1) is 17.5 Å². The maximum absolute atomic E-state index is 14.3. The van der Waals surface area contributed by atoms with Crippen LogP contribution in [0.3, 0.4) is 0 Å². The topological polar surface area (TPSA) is 103 Å². The highest BCUT2D eigenvalue weighted by molar-refractivity contribution is 6.10. The summed E-state index contributed by atoms with van der Waals surface area (Å²) in [4.78, 5) is 26.5. The van der Waals surface area contributed by atoms with Crippen LogP contribution in [0, 0.1) is 11.3 Å². The Morgan fingerprint density at radius 1 is 1.17 bits per heavy atom. The van der Waals surface area contributed by atoms with Gasteiger partial charge in [0.15, 0.2) is 0 Å². The number of aryl methyl sites for hydroxylation is 1. The van der Waals surface area contributed by atoms with Crippen molar-refractivity contribution in [1.82, 2.24) is 14.8 Å².